The Morgan fingerprint density at radius 1 is 0.500 bits per heavy atom. The van der Waals surface area contributed by atoms with E-state index in [0.29, 0.717) is 0 Å². The maximum atomic E-state index is 3.53. The Labute approximate surface area is 193 Å². The summed E-state index contributed by atoms with van der Waals surface area (Å²) in [4.78, 5) is 0. The molecule has 0 saturated carbocycles. The van der Waals surface area contributed by atoms with E-state index in [9.17, 15) is 0 Å². The second kappa shape index (κ2) is 9.16. The summed E-state index contributed by atoms with van der Waals surface area (Å²) in [7, 11) is 0. The quantitative estimate of drug-likeness (QED) is 0.358. The van der Waals surface area contributed by atoms with Crippen LogP contribution in [-0.4, -0.2) is 0 Å². The molecule has 0 amide bonds. The average molecular weight is 454 g/mol. The fraction of sp³-hybridized carbons (Fsp3) is 0. The molecule has 4 rings (SSSR count). The van der Waals surface area contributed by atoms with Crippen LogP contribution in [0.2, 0.25) is 0 Å². The van der Waals surface area contributed by atoms with Crippen molar-refractivity contribution in [1.82, 2.24) is 0 Å². The van der Waals surface area contributed by atoms with Crippen molar-refractivity contribution in [3.63, 3.8) is 0 Å². The molecule has 0 aliphatic carbocycles. The van der Waals surface area contributed by atoms with Crippen LogP contribution in [0, 0.1) is 24.3 Å². The molecule has 4 aromatic carbocycles. The molecule has 24 heavy (non-hydrogen) atoms. The molecule has 0 bridgehead atoms. The molecule has 0 unspecified atom stereocenters. The molecule has 0 nitrogen and oxygen atoms in total. The topological polar surface area (TPSA) is 0 Å². The minimum absolute atomic E-state index is 0. The molecule has 110 valence electrons. The first-order chi connectivity index (χ1) is 10.9. The van der Waals surface area contributed by atoms with E-state index in [4.69, 9.17) is 0 Å². The number of fused-ring (bicyclic) bond motifs is 1. The van der Waals surface area contributed by atoms with E-state index in [1.54, 1.807) is 0 Å². The van der Waals surface area contributed by atoms with E-state index in [1.165, 1.54) is 0 Å². The predicted octanol–water partition coefficient (Wildman–Crippen LogP) is 5.37. The van der Waals surface area contributed by atoms with Gasteiger partial charge in [-0.1, -0.05) is 0 Å². The van der Waals surface area contributed by atoms with E-state index >= 15 is 0 Å². The van der Waals surface area contributed by atoms with Crippen LogP contribution in [0.4, 0.5) is 0 Å². The van der Waals surface area contributed by atoms with E-state index in [2.05, 4.69) is 48.5 Å². The zero-order valence-corrected chi connectivity index (χ0v) is 18.8. The van der Waals surface area contributed by atoms with Gasteiger partial charge in [0.25, 0.3) is 0 Å². The summed E-state index contributed by atoms with van der Waals surface area (Å²) in [5.74, 6) is 0. The maximum absolute atomic E-state index is 3.53. The van der Waals surface area contributed by atoms with Crippen molar-refractivity contribution >= 4 is 10.8 Å². The normalized spacial score (nSPS) is 9.83. The van der Waals surface area contributed by atoms with Crippen molar-refractivity contribution < 1.29 is 65.4 Å². The number of hydrogen-bond acceptors (Lipinski definition) is 0. The standard InChI is InChI=1S/C22H12.2Y/c1-3-9-17(10-4-1)21-15-19-13-7-8-14-20(19)16-22(21)18-11-5-2-6-12-18;;/h1-9,11,13-14H;;/q-4;;. The minimum atomic E-state index is 0. The fourth-order valence-corrected chi connectivity index (χ4v) is 2.60. The zero-order valence-electron chi connectivity index (χ0n) is 13.1. The van der Waals surface area contributed by atoms with Crippen LogP contribution in [0.5, 0.6) is 0 Å². The molecule has 0 aliphatic heterocycles. The summed E-state index contributed by atoms with van der Waals surface area (Å²) in [6.07, 6.45) is 0. The van der Waals surface area contributed by atoms with Gasteiger partial charge in [-0.25, -0.2) is 34.4 Å². The van der Waals surface area contributed by atoms with Gasteiger partial charge in [-0.3, -0.25) is 0 Å². The molecule has 0 N–H and O–H groups in total. The van der Waals surface area contributed by atoms with Crippen molar-refractivity contribution in [1.29, 1.82) is 0 Å². The van der Waals surface area contributed by atoms with Crippen LogP contribution < -0.4 is 0 Å². The third-order valence-electron chi connectivity index (χ3n) is 3.65. The van der Waals surface area contributed by atoms with Crippen LogP contribution >= 0.6 is 0 Å². The van der Waals surface area contributed by atoms with Crippen LogP contribution in [0.25, 0.3) is 33.0 Å². The van der Waals surface area contributed by atoms with Gasteiger partial charge in [0.15, 0.2) is 0 Å². The monoisotopic (exact) mass is 454 g/mol. The molecule has 4 aromatic rings. The van der Waals surface area contributed by atoms with Crippen LogP contribution in [0.3, 0.4) is 0 Å². The molecular formula is C22H12Y2-4. The van der Waals surface area contributed by atoms with Gasteiger partial charge in [0.05, 0.1) is 0 Å². The molecule has 0 aliphatic rings. The molecule has 0 fully saturated rings. The van der Waals surface area contributed by atoms with Gasteiger partial charge in [0.1, 0.15) is 0 Å². The largest absolute Gasteiger partial charge is 0.216 e. The Morgan fingerprint density at radius 2 is 0.917 bits per heavy atom. The summed E-state index contributed by atoms with van der Waals surface area (Å²) in [5.41, 5.74) is 4.08. The van der Waals surface area contributed by atoms with Gasteiger partial charge in [0, 0.05) is 65.4 Å². The molecule has 2 radical (unpaired) electrons. The molecule has 0 atom stereocenters. The SMILES string of the molecule is [Y].[Y].[c-]1ccccc1-c1[c-]c2ccccc2[c-]c1-c1[c-]cccc1. The van der Waals surface area contributed by atoms with E-state index < -0.39 is 0 Å². The van der Waals surface area contributed by atoms with E-state index in [1.807, 2.05) is 48.5 Å². The summed E-state index contributed by atoms with van der Waals surface area (Å²) >= 11 is 0. The van der Waals surface area contributed by atoms with Crippen molar-refractivity contribution in [2.45, 2.75) is 0 Å². The van der Waals surface area contributed by atoms with Gasteiger partial charge in [-0.2, -0.15) is 71.4 Å². The first kappa shape index (κ1) is 19.7. The summed E-state index contributed by atoms with van der Waals surface area (Å²) < 4.78 is 0. The number of rotatable bonds is 2. The van der Waals surface area contributed by atoms with Crippen molar-refractivity contribution in [2.24, 2.45) is 0 Å². The Morgan fingerprint density at radius 3 is 1.29 bits per heavy atom. The van der Waals surface area contributed by atoms with Gasteiger partial charge in [-0.05, 0) is 0 Å². The molecular weight excluding hydrogens is 442 g/mol. The fourth-order valence-electron chi connectivity index (χ4n) is 2.60. The minimum Gasteiger partial charge on any atom is -0.216 e. The van der Waals surface area contributed by atoms with Crippen molar-refractivity contribution in [3.8, 4) is 22.3 Å². The third-order valence-corrected chi connectivity index (χ3v) is 3.65. The molecule has 0 spiro atoms. The molecule has 0 aromatic heterocycles. The Balaban J connectivity index is 0.00000104. The van der Waals surface area contributed by atoms with Crippen molar-refractivity contribution in [3.05, 3.63) is 97.1 Å². The van der Waals surface area contributed by atoms with Gasteiger partial charge in [-0.15, -0.1) is 24.3 Å². The first-order valence-corrected chi connectivity index (χ1v) is 7.23. The smallest absolute Gasteiger partial charge is 0 e. The Hall–Kier alpha value is -0.652. The number of benzene rings is 4. The second-order valence-electron chi connectivity index (χ2n) is 5.10. The average Bonchev–Trinajstić information content (AvgIpc) is 2.62. The summed E-state index contributed by atoms with van der Waals surface area (Å²) in [6, 6.07) is 37.8. The molecule has 0 saturated heterocycles. The van der Waals surface area contributed by atoms with Crippen LogP contribution in [0.15, 0.2) is 72.8 Å². The Kier molecular flexibility index (Phi) is 7.51. The van der Waals surface area contributed by atoms with Crippen LogP contribution in [0.1, 0.15) is 0 Å². The van der Waals surface area contributed by atoms with E-state index in [0.717, 1.165) is 33.0 Å². The van der Waals surface area contributed by atoms with Gasteiger partial charge in [0.2, 0.25) is 0 Å². The van der Waals surface area contributed by atoms with Gasteiger partial charge >= 0.3 is 0 Å². The summed E-state index contributed by atoms with van der Waals surface area (Å²) in [5, 5.41) is 2.13. The third kappa shape index (κ3) is 4.11. The second-order valence-corrected chi connectivity index (χ2v) is 5.10. The van der Waals surface area contributed by atoms with Gasteiger partial charge < -0.3 is 0 Å². The zero-order chi connectivity index (χ0) is 14.8. The Bertz CT molecular complexity index is 838. The van der Waals surface area contributed by atoms with Crippen molar-refractivity contribution in [2.75, 3.05) is 0 Å². The first-order valence-electron chi connectivity index (χ1n) is 7.23. The predicted molar refractivity (Wildman–Crippen MR) is 90.2 cm³/mol. The molecule has 0 heterocycles. The van der Waals surface area contributed by atoms with Crippen LogP contribution in [-0.2, 0) is 65.4 Å². The van der Waals surface area contributed by atoms with E-state index in [-0.39, 0.29) is 65.4 Å². The molecule has 2 heteroatoms. The maximum Gasteiger partial charge on any atom is 0 e. The summed E-state index contributed by atoms with van der Waals surface area (Å²) in [6.45, 7) is 0. The number of hydrogen-bond donors (Lipinski definition) is 0.